The fourth-order valence-corrected chi connectivity index (χ4v) is 2.67. The van der Waals surface area contributed by atoms with Gasteiger partial charge in [0.15, 0.2) is 0 Å². The average molecular weight is 423 g/mol. The molecule has 0 aliphatic heterocycles. The average Bonchev–Trinajstić information content (AvgIpc) is 2.87. The fourth-order valence-electron chi connectivity index (χ4n) is 2.21. The van der Waals surface area contributed by atoms with E-state index < -0.39 is 12.1 Å². The number of aliphatic carboxylic acids is 1. The molecule has 1 heterocycles. The molecular formula is C16H18BrF3N2O3. The van der Waals surface area contributed by atoms with Crippen LogP contribution in [0.3, 0.4) is 0 Å². The number of ether oxygens (including phenoxy) is 1. The normalized spacial score (nSPS) is 14.6. The summed E-state index contributed by atoms with van der Waals surface area (Å²) >= 11 is 3.57. The van der Waals surface area contributed by atoms with Crippen molar-refractivity contribution in [2.24, 2.45) is 5.92 Å². The molecule has 1 fully saturated rings. The van der Waals surface area contributed by atoms with Gasteiger partial charge in [0.1, 0.15) is 11.6 Å². The molecule has 1 saturated carbocycles. The zero-order valence-corrected chi connectivity index (χ0v) is 15.1. The van der Waals surface area contributed by atoms with E-state index >= 15 is 0 Å². The van der Waals surface area contributed by atoms with Crippen LogP contribution in [-0.2, 0) is 11.2 Å². The molecule has 1 aromatic heterocycles. The summed E-state index contributed by atoms with van der Waals surface area (Å²) < 4.78 is 38.6. The molecule has 3 rings (SSSR count). The predicted molar refractivity (Wildman–Crippen MR) is 89.7 cm³/mol. The van der Waals surface area contributed by atoms with Gasteiger partial charge < -0.3 is 14.8 Å². The first-order valence-electron chi connectivity index (χ1n) is 7.81. The number of hydrogen-bond acceptors (Lipinski definition) is 3. The van der Waals surface area contributed by atoms with Gasteiger partial charge in [-0.15, -0.1) is 0 Å². The van der Waals surface area contributed by atoms with Gasteiger partial charge in [-0.1, -0.05) is 13.3 Å². The van der Waals surface area contributed by atoms with Crippen molar-refractivity contribution >= 4 is 32.9 Å². The number of alkyl halides is 3. The Morgan fingerprint density at radius 2 is 2.08 bits per heavy atom. The van der Waals surface area contributed by atoms with E-state index in [0.717, 1.165) is 46.0 Å². The van der Waals surface area contributed by atoms with Gasteiger partial charge in [0.2, 0.25) is 0 Å². The first-order valence-corrected chi connectivity index (χ1v) is 8.61. The molecule has 0 spiro atoms. The Kier molecular flexibility index (Phi) is 6.31. The zero-order valence-electron chi connectivity index (χ0n) is 13.5. The van der Waals surface area contributed by atoms with Gasteiger partial charge >= 0.3 is 12.1 Å². The maximum atomic E-state index is 10.6. The summed E-state index contributed by atoms with van der Waals surface area (Å²) in [6.07, 6.45) is -0.192. The number of carbonyl (C=O) groups is 1. The predicted octanol–water partition coefficient (Wildman–Crippen LogP) is 4.70. The highest BCUT2D eigenvalue weighted by Gasteiger charge is 2.38. The number of fused-ring (bicyclic) bond motifs is 1. The molecule has 2 N–H and O–H groups in total. The van der Waals surface area contributed by atoms with E-state index in [0.29, 0.717) is 0 Å². The molecule has 0 radical (unpaired) electrons. The third-order valence-electron chi connectivity index (χ3n) is 3.86. The van der Waals surface area contributed by atoms with Crippen LogP contribution in [0.4, 0.5) is 13.2 Å². The van der Waals surface area contributed by atoms with E-state index in [1.165, 1.54) is 19.3 Å². The van der Waals surface area contributed by atoms with Crippen LogP contribution >= 0.6 is 15.9 Å². The van der Waals surface area contributed by atoms with E-state index in [9.17, 15) is 13.2 Å². The maximum absolute atomic E-state index is 10.6. The Morgan fingerprint density at radius 1 is 1.44 bits per heavy atom. The van der Waals surface area contributed by atoms with E-state index in [2.05, 4.69) is 38.9 Å². The molecule has 0 unspecified atom stereocenters. The van der Waals surface area contributed by atoms with E-state index in [1.54, 1.807) is 0 Å². The smallest absolute Gasteiger partial charge is 0.490 e. The Hall–Kier alpha value is -1.77. The number of hydrogen-bond donors (Lipinski definition) is 2. The van der Waals surface area contributed by atoms with Crippen LogP contribution in [0.15, 0.2) is 16.6 Å². The van der Waals surface area contributed by atoms with Crippen molar-refractivity contribution in [3.05, 3.63) is 22.4 Å². The number of halogens is 4. The Bertz CT molecular complexity index is 742. The second-order valence-corrected chi connectivity index (χ2v) is 6.60. The maximum Gasteiger partial charge on any atom is 0.490 e. The SMILES string of the molecule is CCc1nc2cc(OCC3CCC3)c(Br)cc2[nH]1.O=C(O)C(F)(F)F. The molecule has 2 aromatic rings. The van der Waals surface area contributed by atoms with Gasteiger partial charge in [-0.05, 0) is 40.8 Å². The number of nitrogens with one attached hydrogen (secondary N) is 1. The van der Waals surface area contributed by atoms with Crippen LogP contribution in [0.25, 0.3) is 11.0 Å². The molecule has 1 aromatic carbocycles. The molecule has 138 valence electrons. The first-order chi connectivity index (χ1) is 11.7. The number of aryl methyl sites for hydroxylation is 1. The highest BCUT2D eigenvalue weighted by molar-refractivity contribution is 9.10. The number of imidazole rings is 1. The summed E-state index contributed by atoms with van der Waals surface area (Å²) in [6.45, 7) is 2.93. The highest BCUT2D eigenvalue weighted by atomic mass is 79.9. The number of nitrogens with zero attached hydrogens (tertiary/aromatic N) is 1. The van der Waals surface area contributed by atoms with Crippen LogP contribution in [0.5, 0.6) is 5.75 Å². The van der Waals surface area contributed by atoms with E-state index in [4.69, 9.17) is 14.6 Å². The van der Waals surface area contributed by atoms with Gasteiger partial charge in [-0.2, -0.15) is 13.2 Å². The molecule has 0 amide bonds. The van der Waals surface area contributed by atoms with Gasteiger partial charge in [0.05, 0.1) is 22.1 Å². The molecular weight excluding hydrogens is 405 g/mol. The van der Waals surface area contributed by atoms with Gasteiger partial charge in [0.25, 0.3) is 0 Å². The number of H-pyrrole nitrogens is 1. The lowest BCUT2D eigenvalue weighted by molar-refractivity contribution is -0.192. The largest absolute Gasteiger partial charge is 0.492 e. The van der Waals surface area contributed by atoms with Gasteiger partial charge in [0, 0.05) is 12.5 Å². The molecule has 25 heavy (non-hydrogen) atoms. The van der Waals surface area contributed by atoms with Gasteiger partial charge in [-0.25, -0.2) is 9.78 Å². The summed E-state index contributed by atoms with van der Waals surface area (Å²) in [6, 6.07) is 4.07. The number of aromatic amines is 1. The van der Waals surface area contributed by atoms with E-state index in [1.807, 2.05) is 6.07 Å². The summed E-state index contributed by atoms with van der Waals surface area (Å²) in [7, 11) is 0. The Labute approximate surface area is 150 Å². The molecule has 5 nitrogen and oxygen atoms in total. The number of carboxylic acid groups (broad SMARTS) is 1. The van der Waals surface area contributed by atoms with Crippen molar-refractivity contribution in [3.63, 3.8) is 0 Å². The number of aromatic nitrogens is 2. The van der Waals surface area contributed by atoms with Crippen LogP contribution in [0.2, 0.25) is 0 Å². The minimum Gasteiger partial charge on any atom is -0.492 e. The number of carboxylic acids is 1. The molecule has 1 aliphatic rings. The first kappa shape index (κ1) is 19.6. The number of rotatable bonds is 4. The van der Waals surface area contributed by atoms with E-state index in [-0.39, 0.29) is 0 Å². The summed E-state index contributed by atoms with van der Waals surface area (Å²) in [5, 5.41) is 7.12. The lowest BCUT2D eigenvalue weighted by Crippen LogP contribution is -2.21. The van der Waals surface area contributed by atoms with Crippen molar-refractivity contribution < 1.29 is 27.8 Å². The summed E-state index contributed by atoms with van der Waals surface area (Å²) in [5.74, 6) is -0.0814. The fraction of sp³-hybridized carbons (Fsp3) is 0.500. The molecule has 1 aliphatic carbocycles. The third kappa shape index (κ3) is 5.35. The lowest BCUT2D eigenvalue weighted by Gasteiger charge is -2.25. The van der Waals surface area contributed by atoms with Crippen LogP contribution in [-0.4, -0.2) is 33.8 Å². The van der Waals surface area contributed by atoms with Crippen LogP contribution in [0, 0.1) is 5.92 Å². The van der Waals surface area contributed by atoms with Crippen molar-refractivity contribution in [1.82, 2.24) is 9.97 Å². The summed E-state index contributed by atoms with van der Waals surface area (Å²) in [4.78, 5) is 16.7. The lowest BCUT2D eigenvalue weighted by atomic mass is 9.86. The number of benzene rings is 1. The molecule has 0 bridgehead atoms. The van der Waals surface area contributed by atoms with Crippen molar-refractivity contribution in [2.45, 2.75) is 38.8 Å². The monoisotopic (exact) mass is 422 g/mol. The van der Waals surface area contributed by atoms with Crippen LogP contribution < -0.4 is 4.74 Å². The second kappa shape index (κ2) is 8.07. The topological polar surface area (TPSA) is 75.2 Å². The van der Waals surface area contributed by atoms with Crippen LogP contribution in [0.1, 0.15) is 32.0 Å². The van der Waals surface area contributed by atoms with Crippen molar-refractivity contribution in [2.75, 3.05) is 6.61 Å². The Balaban J connectivity index is 0.000000277. The third-order valence-corrected chi connectivity index (χ3v) is 4.48. The quantitative estimate of drug-likeness (QED) is 0.748. The summed E-state index contributed by atoms with van der Waals surface area (Å²) in [5.41, 5.74) is 2.05. The van der Waals surface area contributed by atoms with Gasteiger partial charge in [-0.3, -0.25) is 0 Å². The van der Waals surface area contributed by atoms with Crippen molar-refractivity contribution in [1.29, 1.82) is 0 Å². The molecule has 0 saturated heterocycles. The molecule has 0 atom stereocenters. The standard InChI is InChI=1S/C14H17BrN2O.C2HF3O2/c1-2-14-16-11-6-10(15)13(7-12(11)17-14)18-8-9-4-3-5-9;3-2(4,5)1(6)7/h6-7,9H,2-5,8H2,1H3,(H,16,17);(H,6,7). The minimum absolute atomic E-state index is 0.748. The zero-order chi connectivity index (χ0) is 18.6. The Morgan fingerprint density at radius 3 is 2.56 bits per heavy atom. The minimum atomic E-state index is -5.08. The van der Waals surface area contributed by atoms with Crippen molar-refractivity contribution in [3.8, 4) is 5.75 Å². The second-order valence-electron chi connectivity index (χ2n) is 5.75. The highest BCUT2D eigenvalue weighted by Crippen LogP contribution is 2.32. The molecule has 9 heteroatoms.